The SMILES string of the molecule is O=[N+]([O-])c1ccc2nc(NC3=NCCN3)[nH]c2c1. The van der Waals surface area contributed by atoms with Crippen molar-refractivity contribution < 1.29 is 4.92 Å². The number of anilines is 1. The molecule has 18 heavy (non-hydrogen) atoms. The molecular weight excluding hydrogens is 236 g/mol. The number of nitro groups is 1. The number of nitrogens with zero attached hydrogens (tertiary/aromatic N) is 3. The van der Waals surface area contributed by atoms with Crippen LogP contribution in [-0.4, -0.2) is 33.9 Å². The first-order valence-electron chi connectivity index (χ1n) is 5.42. The van der Waals surface area contributed by atoms with Gasteiger partial charge in [0, 0.05) is 18.7 Å². The molecule has 1 aromatic heterocycles. The van der Waals surface area contributed by atoms with Crippen molar-refractivity contribution in [2.24, 2.45) is 4.99 Å². The number of imidazole rings is 1. The van der Waals surface area contributed by atoms with Crippen LogP contribution >= 0.6 is 0 Å². The molecule has 3 rings (SSSR count). The summed E-state index contributed by atoms with van der Waals surface area (Å²) in [7, 11) is 0. The van der Waals surface area contributed by atoms with Crippen LogP contribution in [0.1, 0.15) is 0 Å². The summed E-state index contributed by atoms with van der Waals surface area (Å²) < 4.78 is 0. The number of aromatic amines is 1. The van der Waals surface area contributed by atoms with E-state index < -0.39 is 4.92 Å². The van der Waals surface area contributed by atoms with Gasteiger partial charge in [0.1, 0.15) is 0 Å². The average molecular weight is 246 g/mol. The van der Waals surface area contributed by atoms with Gasteiger partial charge in [-0.3, -0.25) is 20.4 Å². The van der Waals surface area contributed by atoms with Gasteiger partial charge in [0.2, 0.25) is 5.95 Å². The molecule has 0 atom stereocenters. The van der Waals surface area contributed by atoms with Crippen LogP contribution in [0.5, 0.6) is 0 Å². The third-order valence-corrected chi connectivity index (χ3v) is 2.59. The third kappa shape index (κ3) is 1.83. The van der Waals surface area contributed by atoms with Gasteiger partial charge in [-0.2, -0.15) is 0 Å². The molecule has 0 saturated carbocycles. The Balaban J connectivity index is 1.92. The van der Waals surface area contributed by atoms with E-state index in [2.05, 4.69) is 25.6 Å². The van der Waals surface area contributed by atoms with E-state index >= 15 is 0 Å². The number of aliphatic imine (C=N–C) groups is 1. The summed E-state index contributed by atoms with van der Waals surface area (Å²) in [6, 6.07) is 4.49. The zero-order chi connectivity index (χ0) is 12.5. The number of nitrogens with one attached hydrogen (secondary N) is 3. The number of rotatable bonds is 2. The maximum atomic E-state index is 10.7. The summed E-state index contributed by atoms with van der Waals surface area (Å²) in [5.74, 6) is 1.17. The lowest BCUT2D eigenvalue weighted by Gasteiger charge is -2.01. The maximum Gasteiger partial charge on any atom is 0.271 e. The van der Waals surface area contributed by atoms with Crippen LogP contribution in [0.25, 0.3) is 11.0 Å². The van der Waals surface area contributed by atoms with Gasteiger partial charge in [-0.05, 0) is 6.07 Å². The highest BCUT2D eigenvalue weighted by Gasteiger charge is 2.11. The normalized spacial score (nSPS) is 14.3. The van der Waals surface area contributed by atoms with Crippen LogP contribution < -0.4 is 10.6 Å². The number of nitro benzene ring substituents is 1. The van der Waals surface area contributed by atoms with Crippen molar-refractivity contribution in [1.82, 2.24) is 15.3 Å². The zero-order valence-corrected chi connectivity index (χ0v) is 9.30. The summed E-state index contributed by atoms with van der Waals surface area (Å²) in [5, 5.41) is 16.7. The number of guanidine groups is 1. The van der Waals surface area contributed by atoms with Gasteiger partial charge in [-0.1, -0.05) is 0 Å². The standard InChI is InChI=1S/C10H10N6O2/c17-16(18)6-1-2-7-8(5-6)14-10(13-7)15-9-11-3-4-12-9/h1-2,5H,3-4H2,(H3,11,12,13,14,15). The Hall–Kier alpha value is -2.64. The molecule has 1 aliphatic rings. The molecule has 92 valence electrons. The Morgan fingerprint density at radius 3 is 3.06 bits per heavy atom. The van der Waals surface area contributed by atoms with Crippen molar-refractivity contribution in [3.8, 4) is 0 Å². The number of non-ortho nitro benzene ring substituents is 1. The number of benzene rings is 1. The highest BCUT2D eigenvalue weighted by atomic mass is 16.6. The summed E-state index contributed by atoms with van der Waals surface area (Å²) >= 11 is 0. The Bertz CT molecular complexity index is 647. The van der Waals surface area contributed by atoms with E-state index in [0.717, 1.165) is 13.1 Å². The van der Waals surface area contributed by atoms with Crippen LogP contribution in [0.15, 0.2) is 23.2 Å². The van der Waals surface area contributed by atoms with Gasteiger partial charge in [-0.25, -0.2) is 4.98 Å². The van der Waals surface area contributed by atoms with Crippen LogP contribution in [-0.2, 0) is 0 Å². The largest absolute Gasteiger partial charge is 0.354 e. The third-order valence-electron chi connectivity index (χ3n) is 2.59. The fourth-order valence-corrected chi connectivity index (χ4v) is 1.76. The summed E-state index contributed by atoms with van der Waals surface area (Å²) in [4.78, 5) is 21.6. The molecule has 2 aromatic rings. The van der Waals surface area contributed by atoms with Gasteiger partial charge in [0.05, 0.1) is 22.5 Å². The van der Waals surface area contributed by atoms with E-state index in [9.17, 15) is 10.1 Å². The Labute approximate surface area is 101 Å². The molecule has 1 aliphatic heterocycles. The van der Waals surface area contributed by atoms with Crippen LogP contribution in [0.4, 0.5) is 11.6 Å². The average Bonchev–Trinajstić information content (AvgIpc) is 2.96. The predicted molar refractivity (Wildman–Crippen MR) is 66.7 cm³/mol. The zero-order valence-electron chi connectivity index (χ0n) is 9.30. The van der Waals surface area contributed by atoms with E-state index in [0.29, 0.717) is 22.9 Å². The quantitative estimate of drug-likeness (QED) is 0.537. The van der Waals surface area contributed by atoms with Crippen molar-refractivity contribution >= 4 is 28.6 Å². The van der Waals surface area contributed by atoms with Crippen molar-refractivity contribution in [3.63, 3.8) is 0 Å². The highest BCUT2D eigenvalue weighted by Crippen LogP contribution is 2.20. The number of H-pyrrole nitrogens is 1. The lowest BCUT2D eigenvalue weighted by atomic mass is 10.3. The van der Waals surface area contributed by atoms with E-state index in [1.54, 1.807) is 6.07 Å². The number of aromatic nitrogens is 2. The molecule has 1 aromatic carbocycles. The van der Waals surface area contributed by atoms with Crippen LogP contribution in [0.2, 0.25) is 0 Å². The Morgan fingerprint density at radius 1 is 1.44 bits per heavy atom. The van der Waals surface area contributed by atoms with E-state index in [-0.39, 0.29) is 5.69 Å². The van der Waals surface area contributed by atoms with Gasteiger partial charge >= 0.3 is 0 Å². The number of fused-ring (bicyclic) bond motifs is 1. The van der Waals surface area contributed by atoms with Gasteiger partial charge in [0.15, 0.2) is 5.96 Å². The maximum absolute atomic E-state index is 10.7. The highest BCUT2D eigenvalue weighted by molar-refractivity contribution is 5.94. The Kier molecular flexibility index (Phi) is 2.33. The molecule has 0 radical (unpaired) electrons. The molecule has 0 bridgehead atoms. The lowest BCUT2D eigenvalue weighted by Crippen LogP contribution is -2.26. The fourth-order valence-electron chi connectivity index (χ4n) is 1.76. The van der Waals surface area contributed by atoms with Crippen LogP contribution in [0, 0.1) is 10.1 Å². The monoisotopic (exact) mass is 246 g/mol. The van der Waals surface area contributed by atoms with Crippen LogP contribution in [0.3, 0.4) is 0 Å². The first-order valence-corrected chi connectivity index (χ1v) is 5.42. The minimum Gasteiger partial charge on any atom is -0.354 e. The van der Waals surface area contributed by atoms with Gasteiger partial charge < -0.3 is 10.3 Å². The molecule has 0 aliphatic carbocycles. The molecule has 0 unspecified atom stereocenters. The van der Waals surface area contributed by atoms with Crippen molar-refractivity contribution in [1.29, 1.82) is 0 Å². The fraction of sp³-hybridized carbons (Fsp3) is 0.200. The molecule has 0 amide bonds. The molecule has 3 N–H and O–H groups in total. The summed E-state index contributed by atoms with van der Waals surface area (Å²) in [5.41, 5.74) is 1.32. The second-order valence-electron chi connectivity index (χ2n) is 3.83. The number of hydrogen-bond donors (Lipinski definition) is 3. The minimum absolute atomic E-state index is 0.0361. The molecule has 0 saturated heterocycles. The lowest BCUT2D eigenvalue weighted by molar-refractivity contribution is -0.384. The first-order chi connectivity index (χ1) is 8.72. The Morgan fingerprint density at radius 2 is 2.33 bits per heavy atom. The number of hydrogen-bond acceptors (Lipinski definition) is 6. The van der Waals surface area contributed by atoms with Crippen molar-refractivity contribution in [2.45, 2.75) is 0 Å². The topological polar surface area (TPSA) is 108 Å². The van der Waals surface area contributed by atoms with E-state index in [1.165, 1.54) is 12.1 Å². The molecule has 2 heterocycles. The second-order valence-corrected chi connectivity index (χ2v) is 3.83. The van der Waals surface area contributed by atoms with Crippen molar-refractivity contribution in [3.05, 3.63) is 28.3 Å². The smallest absolute Gasteiger partial charge is 0.271 e. The minimum atomic E-state index is -0.435. The molecule has 0 spiro atoms. The first kappa shape index (κ1) is 10.5. The van der Waals surface area contributed by atoms with Gasteiger partial charge in [-0.15, -0.1) is 0 Å². The second kappa shape index (κ2) is 3.99. The van der Waals surface area contributed by atoms with E-state index in [1.807, 2.05) is 0 Å². The molecular formula is C10H10N6O2. The predicted octanol–water partition coefficient (Wildman–Crippen LogP) is 0.842. The van der Waals surface area contributed by atoms with Gasteiger partial charge in [0.25, 0.3) is 5.69 Å². The summed E-state index contributed by atoms with van der Waals surface area (Å²) in [6.07, 6.45) is 0. The van der Waals surface area contributed by atoms with E-state index in [4.69, 9.17) is 0 Å². The summed E-state index contributed by atoms with van der Waals surface area (Å²) in [6.45, 7) is 1.53. The molecule has 0 fully saturated rings. The van der Waals surface area contributed by atoms with Crippen molar-refractivity contribution in [2.75, 3.05) is 18.4 Å². The molecule has 8 nitrogen and oxygen atoms in total. The molecule has 8 heteroatoms.